The molecular weight excluding hydrogens is 997 g/mol. The van der Waals surface area contributed by atoms with Gasteiger partial charge in [0.05, 0.1) is 0 Å². The molecular formula is C75H128O6. The van der Waals surface area contributed by atoms with Gasteiger partial charge in [0.1, 0.15) is 13.2 Å². The quantitative estimate of drug-likeness (QED) is 0.0261. The number of esters is 3. The first-order valence-electron chi connectivity index (χ1n) is 34.4. The van der Waals surface area contributed by atoms with Gasteiger partial charge in [-0.25, -0.2) is 0 Å². The van der Waals surface area contributed by atoms with Gasteiger partial charge in [0.25, 0.3) is 0 Å². The van der Waals surface area contributed by atoms with Crippen LogP contribution in [0.15, 0.2) is 109 Å². The molecule has 1 atom stereocenters. The SMILES string of the molecule is CC/C=C\C/C=C\C/C=C\C/C=C\C/C=C\CCCCCCCCCC(=O)OCC(COC(=O)CCCCCCCCC/C=C\CCCCCCCC)OC(=O)CCCCCCCCCC/C=C\C/C=C\C/C=C\CCCCCCC. The van der Waals surface area contributed by atoms with Crippen LogP contribution < -0.4 is 0 Å². The highest BCUT2D eigenvalue weighted by Crippen LogP contribution is 2.16. The fourth-order valence-electron chi connectivity index (χ4n) is 9.59. The number of allylic oxidation sites excluding steroid dienone is 18. The molecule has 0 aliphatic rings. The van der Waals surface area contributed by atoms with Gasteiger partial charge < -0.3 is 14.2 Å². The van der Waals surface area contributed by atoms with Crippen molar-refractivity contribution in [3.8, 4) is 0 Å². The highest BCUT2D eigenvalue weighted by atomic mass is 16.6. The molecule has 0 bridgehead atoms. The van der Waals surface area contributed by atoms with Gasteiger partial charge in [-0.05, 0) is 128 Å². The van der Waals surface area contributed by atoms with Gasteiger partial charge in [-0.1, -0.05) is 291 Å². The molecule has 0 spiro atoms. The van der Waals surface area contributed by atoms with E-state index in [-0.39, 0.29) is 31.1 Å². The second kappa shape index (κ2) is 68.6. The minimum absolute atomic E-state index is 0.0869. The van der Waals surface area contributed by atoms with E-state index in [0.717, 1.165) is 116 Å². The van der Waals surface area contributed by atoms with Gasteiger partial charge in [0.15, 0.2) is 6.10 Å². The molecule has 6 heteroatoms. The number of hydrogen-bond donors (Lipinski definition) is 0. The van der Waals surface area contributed by atoms with E-state index < -0.39 is 6.10 Å². The first-order chi connectivity index (χ1) is 40.0. The predicted molar refractivity (Wildman–Crippen MR) is 353 cm³/mol. The van der Waals surface area contributed by atoms with Crippen LogP contribution >= 0.6 is 0 Å². The fraction of sp³-hybridized carbons (Fsp3) is 0.720. The third kappa shape index (κ3) is 66.8. The summed E-state index contributed by atoms with van der Waals surface area (Å²) in [5, 5.41) is 0. The second-order valence-electron chi connectivity index (χ2n) is 22.7. The van der Waals surface area contributed by atoms with E-state index >= 15 is 0 Å². The van der Waals surface area contributed by atoms with Gasteiger partial charge >= 0.3 is 17.9 Å². The topological polar surface area (TPSA) is 78.9 Å². The Balaban J connectivity index is 4.42. The van der Waals surface area contributed by atoms with Crippen LogP contribution in [0.2, 0.25) is 0 Å². The average molecular weight is 1130 g/mol. The van der Waals surface area contributed by atoms with Crippen LogP contribution in [0.3, 0.4) is 0 Å². The number of carbonyl (C=O) groups is 3. The van der Waals surface area contributed by atoms with Crippen LogP contribution in [-0.4, -0.2) is 37.2 Å². The van der Waals surface area contributed by atoms with Crippen molar-refractivity contribution in [2.45, 2.75) is 335 Å². The molecule has 0 aromatic heterocycles. The van der Waals surface area contributed by atoms with E-state index in [2.05, 4.69) is 130 Å². The lowest BCUT2D eigenvalue weighted by atomic mass is 10.1. The van der Waals surface area contributed by atoms with Gasteiger partial charge in [-0.15, -0.1) is 0 Å². The summed E-state index contributed by atoms with van der Waals surface area (Å²) < 4.78 is 17.0. The molecule has 0 saturated carbocycles. The highest BCUT2D eigenvalue weighted by Gasteiger charge is 2.19. The van der Waals surface area contributed by atoms with Gasteiger partial charge in [0.2, 0.25) is 0 Å². The van der Waals surface area contributed by atoms with Crippen molar-refractivity contribution < 1.29 is 28.6 Å². The number of ether oxygens (including phenoxy) is 3. The van der Waals surface area contributed by atoms with Crippen molar-refractivity contribution in [1.29, 1.82) is 0 Å². The standard InChI is InChI=1S/C75H128O6/c1-4-7-10-13-16-19-22-25-28-31-33-35-37-39-41-44-47-50-53-56-59-62-65-68-74(77)80-71-72(70-79-73(76)67-64-61-58-55-52-49-46-43-30-27-24-21-18-15-12-9-6-3)81-75(78)69-66-63-60-57-54-51-48-45-42-40-38-36-34-32-29-26-23-20-17-14-11-8-5-2/h7,10,16,19,23,25-28,30,32-35,38-41,72H,4-6,8-9,11-15,17-18,20-22,24,29,31,36-37,42-71H2,1-3H3/b10-7-,19-16-,26-23-,28-25-,30-27-,34-32-,35-33-,40-38-,41-39-. The Morgan fingerprint density at radius 3 is 0.765 bits per heavy atom. The van der Waals surface area contributed by atoms with E-state index in [9.17, 15) is 14.4 Å². The average Bonchev–Trinajstić information content (AvgIpc) is 3.47. The molecule has 0 heterocycles. The lowest BCUT2D eigenvalue weighted by Gasteiger charge is -2.18. The van der Waals surface area contributed by atoms with E-state index in [1.165, 1.54) is 173 Å². The maximum absolute atomic E-state index is 13.0. The normalized spacial score (nSPS) is 12.8. The number of unbranched alkanes of at least 4 members (excludes halogenated alkanes) is 33. The molecule has 0 aromatic carbocycles. The molecule has 1 unspecified atom stereocenters. The van der Waals surface area contributed by atoms with Crippen molar-refractivity contribution >= 4 is 17.9 Å². The minimum atomic E-state index is -0.793. The predicted octanol–water partition coefficient (Wildman–Crippen LogP) is 23.8. The Morgan fingerprint density at radius 2 is 0.481 bits per heavy atom. The largest absolute Gasteiger partial charge is 0.462 e. The van der Waals surface area contributed by atoms with Gasteiger partial charge in [-0.2, -0.15) is 0 Å². The Hall–Kier alpha value is -3.93. The van der Waals surface area contributed by atoms with Gasteiger partial charge in [0, 0.05) is 19.3 Å². The summed E-state index contributed by atoms with van der Waals surface area (Å²) in [5.74, 6) is -0.898. The molecule has 0 rings (SSSR count). The summed E-state index contributed by atoms with van der Waals surface area (Å²) in [5.41, 5.74) is 0. The molecule has 6 nitrogen and oxygen atoms in total. The molecule has 81 heavy (non-hydrogen) atoms. The number of rotatable bonds is 62. The lowest BCUT2D eigenvalue weighted by Crippen LogP contribution is -2.30. The Morgan fingerprint density at radius 1 is 0.259 bits per heavy atom. The second-order valence-corrected chi connectivity index (χ2v) is 22.7. The zero-order valence-electron chi connectivity index (χ0n) is 53.3. The highest BCUT2D eigenvalue weighted by molar-refractivity contribution is 5.71. The summed E-state index contributed by atoms with van der Waals surface area (Å²) in [7, 11) is 0. The smallest absolute Gasteiger partial charge is 0.306 e. The zero-order valence-corrected chi connectivity index (χ0v) is 53.3. The van der Waals surface area contributed by atoms with E-state index in [0.29, 0.717) is 19.3 Å². The van der Waals surface area contributed by atoms with Crippen LogP contribution in [0.25, 0.3) is 0 Å². The zero-order chi connectivity index (χ0) is 58.5. The molecule has 0 aliphatic heterocycles. The molecule has 464 valence electrons. The van der Waals surface area contributed by atoms with E-state index in [1.807, 2.05) is 0 Å². The third-order valence-electron chi connectivity index (χ3n) is 14.7. The maximum Gasteiger partial charge on any atom is 0.306 e. The van der Waals surface area contributed by atoms with Crippen LogP contribution in [0.1, 0.15) is 329 Å². The van der Waals surface area contributed by atoms with Crippen molar-refractivity contribution in [2.24, 2.45) is 0 Å². The summed E-state index contributed by atoms with van der Waals surface area (Å²) in [6.45, 7) is 6.52. The summed E-state index contributed by atoms with van der Waals surface area (Å²) >= 11 is 0. The van der Waals surface area contributed by atoms with Crippen LogP contribution in [0, 0.1) is 0 Å². The van der Waals surface area contributed by atoms with Crippen LogP contribution in [0.4, 0.5) is 0 Å². The van der Waals surface area contributed by atoms with Crippen LogP contribution in [-0.2, 0) is 28.6 Å². The monoisotopic (exact) mass is 1120 g/mol. The first-order valence-corrected chi connectivity index (χ1v) is 34.4. The third-order valence-corrected chi connectivity index (χ3v) is 14.7. The number of carbonyl (C=O) groups excluding carboxylic acids is 3. The van der Waals surface area contributed by atoms with E-state index in [1.54, 1.807) is 0 Å². The maximum atomic E-state index is 13.0. The molecule has 0 N–H and O–H groups in total. The molecule has 0 radical (unpaired) electrons. The van der Waals surface area contributed by atoms with Crippen molar-refractivity contribution in [2.75, 3.05) is 13.2 Å². The summed E-state index contributed by atoms with van der Waals surface area (Å²) in [6.07, 6.45) is 93.8. The minimum Gasteiger partial charge on any atom is -0.462 e. The Bertz CT molecular complexity index is 1620. The molecule has 0 amide bonds. The lowest BCUT2D eigenvalue weighted by molar-refractivity contribution is -0.167. The first kappa shape index (κ1) is 77.1. The fourth-order valence-corrected chi connectivity index (χ4v) is 9.59. The Kier molecular flexibility index (Phi) is 65.2. The molecule has 0 fully saturated rings. The number of hydrogen-bond acceptors (Lipinski definition) is 6. The van der Waals surface area contributed by atoms with Crippen molar-refractivity contribution in [3.63, 3.8) is 0 Å². The van der Waals surface area contributed by atoms with Crippen molar-refractivity contribution in [1.82, 2.24) is 0 Å². The molecule has 0 aliphatic carbocycles. The Labute approximate surface area is 501 Å². The van der Waals surface area contributed by atoms with E-state index in [4.69, 9.17) is 14.2 Å². The van der Waals surface area contributed by atoms with Gasteiger partial charge in [-0.3, -0.25) is 14.4 Å². The summed E-state index contributed by atoms with van der Waals surface area (Å²) in [4.78, 5) is 38.5. The van der Waals surface area contributed by atoms with Crippen molar-refractivity contribution in [3.05, 3.63) is 109 Å². The molecule has 0 aromatic rings. The van der Waals surface area contributed by atoms with Crippen LogP contribution in [0.5, 0.6) is 0 Å². The summed E-state index contributed by atoms with van der Waals surface area (Å²) in [6, 6.07) is 0. The molecule has 0 saturated heterocycles.